The number of carbonyl (C=O) groups excluding carboxylic acids is 1. The van der Waals surface area contributed by atoms with Crippen LogP contribution in [-0.2, 0) is 36.0 Å². The van der Waals surface area contributed by atoms with Crippen LogP contribution in [0.25, 0.3) is 0 Å². The molecule has 1 aromatic rings. The van der Waals surface area contributed by atoms with Gasteiger partial charge in [-0.25, -0.2) is 9.78 Å². The van der Waals surface area contributed by atoms with Gasteiger partial charge < -0.3 is 9.30 Å². The quantitative estimate of drug-likeness (QED) is 0.430. The summed E-state index contributed by atoms with van der Waals surface area (Å²) in [6.07, 6.45) is 5.04. The molecule has 0 aliphatic heterocycles. The van der Waals surface area contributed by atoms with Crippen molar-refractivity contribution in [1.29, 1.82) is 0 Å². The minimum Gasteiger partial charge on any atom is -0.454 e. The lowest BCUT2D eigenvalue weighted by Gasteiger charge is -2.06. The lowest BCUT2D eigenvalue weighted by molar-refractivity contribution is -0.140. The Morgan fingerprint density at radius 3 is 2.53 bits per heavy atom. The molecule has 0 saturated heterocycles. The average Bonchev–Trinajstić information content (AvgIpc) is 2.65. The van der Waals surface area contributed by atoms with Crippen LogP contribution >= 0.6 is 0 Å². The van der Waals surface area contributed by atoms with E-state index in [9.17, 15) is 4.79 Å². The van der Waals surface area contributed by atoms with Crippen LogP contribution in [-0.4, -0.2) is 15.5 Å². The maximum atomic E-state index is 11.4. The average molecular weight is 260 g/mol. The predicted molar refractivity (Wildman–Crippen MR) is 75.6 cm³/mol. The van der Waals surface area contributed by atoms with Crippen LogP contribution in [0, 0.1) is 0 Å². The molecule has 0 atom stereocenters. The summed E-state index contributed by atoms with van der Waals surface area (Å²) in [5, 5.41) is 0. The highest BCUT2D eigenvalue weighted by atomic mass is 16.5. The highest BCUT2D eigenvalue weighted by molar-refractivity contribution is 5.86. The third-order valence-corrected chi connectivity index (χ3v) is 2.75. The van der Waals surface area contributed by atoms with Crippen LogP contribution in [0.1, 0.15) is 24.1 Å². The minimum atomic E-state index is -0.404. The molecule has 0 aliphatic rings. The lowest BCUT2D eigenvalue weighted by Crippen LogP contribution is -2.09. The summed E-state index contributed by atoms with van der Waals surface area (Å²) in [6, 6.07) is 0. The van der Waals surface area contributed by atoms with Crippen LogP contribution in [0.5, 0.6) is 0 Å². The van der Waals surface area contributed by atoms with Crippen LogP contribution in [0.4, 0.5) is 0 Å². The van der Waals surface area contributed by atoms with E-state index >= 15 is 0 Å². The third kappa shape index (κ3) is 3.68. The Morgan fingerprint density at radius 2 is 2.00 bits per heavy atom. The molecular formula is C15H20N2O2. The molecule has 1 rings (SSSR count). The van der Waals surface area contributed by atoms with E-state index in [2.05, 4.69) is 24.7 Å². The highest BCUT2D eigenvalue weighted by Gasteiger charge is 2.14. The number of allylic oxidation sites excluding steroid dienone is 2. The number of nitrogens with zero attached hydrogens (tertiary/aromatic N) is 2. The number of hydrogen-bond acceptors (Lipinski definition) is 3. The predicted octanol–water partition coefficient (Wildman–Crippen LogP) is 2.50. The first-order valence-electron chi connectivity index (χ1n) is 6.09. The molecule has 0 amide bonds. The van der Waals surface area contributed by atoms with Crippen molar-refractivity contribution >= 4 is 5.97 Å². The highest BCUT2D eigenvalue weighted by Crippen LogP contribution is 2.14. The summed E-state index contributed by atoms with van der Waals surface area (Å²) in [5.41, 5.74) is 2.39. The van der Waals surface area contributed by atoms with Crippen LogP contribution in [0.2, 0.25) is 0 Å². The Balaban J connectivity index is 2.92. The first-order chi connectivity index (χ1) is 9.01. The lowest BCUT2D eigenvalue weighted by atomic mass is 10.2. The Hall–Kier alpha value is -2.10. The van der Waals surface area contributed by atoms with E-state index in [-0.39, 0.29) is 6.61 Å². The molecular weight excluding hydrogens is 240 g/mol. The van der Waals surface area contributed by atoms with E-state index in [1.54, 1.807) is 13.0 Å². The van der Waals surface area contributed by atoms with Gasteiger partial charge in [0, 0.05) is 31.2 Å². The molecule has 0 saturated carbocycles. The molecule has 102 valence electrons. The number of aromatic nitrogens is 2. The normalized spacial score (nSPS) is 10.0. The molecule has 4 nitrogen and oxygen atoms in total. The van der Waals surface area contributed by atoms with E-state index < -0.39 is 5.97 Å². The second kappa shape index (κ2) is 6.73. The maximum Gasteiger partial charge on any atom is 0.333 e. The van der Waals surface area contributed by atoms with Crippen molar-refractivity contribution < 1.29 is 9.53 Å². The molecule has 0 radical (unpaired) electrons. The van der Waals surface area contributed by atoms with Gasteiger partial charge in [-0.1, -0.05) is 18.7 Å². The van der Waals surface area contributed by atoms with E-state index in [0.29, 0.717) is 17.8 Å². The van der Waals surface area contributed by atoms with E-state index in [1.165, 1.54) is 0 Å². The molecule has 1 heterocycles. The molecule has 0 aliphatic carbocycles. The van der Waals surface area contributed by atoms with E-state index in [4.69, 9.17) is 4.74 Å². The summed E-state index contributed by atoms with van der Waals surface area (Å²) < 4.78 is 7.06. The van der Waals surface area contributed by atoms with E-state index in [0.717, 1.165) is 17.8 Å². The van der Waals surface area contributed by atoms with Gasteiger partial charge in [-0.15, -0.1) is 13.2 Å². The SMILES string of the molecule is C=CCc1nc(COC(=O)C(=C)C)n(C)c1CC=C. The van der Waals surface area contributed by atoms with Crippen molar-refractivity contribution in [2.45, 2.75) is 26.4 Å². The van der Waals surface area contributed by atoms with Crippen molar-refractivity contribution in [3.8, 4) is 0 Å². The van der Waals surface area contributed by atoms with Gasteiger partial charge in [-0.3, -0.25) is 0 Å². The second-order valence-electron chi connectivity index (χ2n) is 4.32. The number of esters is 1. The molecule has 0 unspecified atom stereocenters. The van der Waals surface area contributed by atoms with Gasteiger partial charge >= 0.3 is 5.97 Å². The monoisotopic (exact) mass is 260 g/mol. The Labute approximate surface area is 114 Å². The summed E-state index contributed by atoms with van der Waals surface area (Å²) in [6.45, 7) is 12.8. The van der Waals surface area contributed by atoms with Crippen molar-refractivity contribution in [1.82, 2.24) is 9.55 Å². The number of ether oxygens (including phenoxy) is 1. The summed E-state index contributed by atoms with van der Waals surface area (Å²) in [4.78, 5) is 15.9. The summed E-state index contributed by atoms with van der Waals surface area (Å²) in [7, 11) is 1.91. The van der Waals surface area contributed by atoms with Gasteiger partial charge in [0.15, 0.2) is 0 Å². The third-order valence-electron chi connectivity index (χ3n) is 2.75. The molecule has 19 heavy (non-hydrogen) atoms. The van der Waals surface area contributed by atoms with Gasteiger partial charge in [0.2, 0.25) is 0 Å². The second-order valence-corrected chi connectivity index (χ2v) is 4.32. The summed E-state index contributed by atoms with van der Waals surface area (Å²) >= 11 is 0. The fraction of sp³-hybridized carbons (Fsp3) is 0.333. The fourth-order valence-electron chi connectivity index (χ4n) is 1.72. The van der Waals surface area contributed by atoms with Crippen LogP contribution < -0.4 is 0 Å². The molecule has 0 N–H and O–H groups in total. The van der Waals surface area contributed by atoms with Crippen LogP contribution in [0.3, 0.4) is 0 Å². The molecule has 0 aromatic carbocycles. The number of rotatable bonds is 7. The van der Waals surface area contributed by atoms with E-state index in [1.807, 2.05) is 17.7 Å². The van der Waals surface area contributed by atoms with Crippen molar-refractivity contribution in [3.05, 3.63) is 54.7 Å². The van der Waals surface area contributed by atoms with Gasteiger partial charge in [0.05, 0.1) is 5.69 Å². The molecule has 0 spiro atoms. The zero-order valence-corrected chi connectivity index (χ0v) is 11.6. The first-order valence-corrected chi connectivity index (χ1v) is 6.09. The smallest absolute Gasteiger partial charge is 0.333 e. The molecule has 1 aromatic heterocycles. The largest absolute Gasteiger partial charge is 0.454 e. The standard InChI is InChI=1S/C15H20N2O2/c1-6-8-12-13(9-7-2)17(5)14(16-12)10-19-15(18)11(3)4/h6-7H,1-3,8-10H2,4-5H3. The molecule has 0 fully saturated rings. The van der Waals surface area contributed by atoms with Gasteiger partial charge in [0.25, 0.3) is 0 Å². The van der Waals surface area contributed by atoms with Gasteiger partial charge in [-0.05, 0) is 6.92 Å². The molecule has 0 bridgehead atoms. The Kier molecular flexibility index (Phi) is 5.30. The minimum absolute atomic E-state index is 0.142. The maximum absolute atomic E-state index is 11.4. The number of hydrogen-bond donors (Lipinski definition) is 0. The van der Waals surface area contributed by atoms with Gasteiger partial charge in [-0.2, -0.15) is 0 Å². The molecule has 4 heteroatoms. The van der Waals surface area contributed by atoms with Gasteiger partial charge in [0.1, 0.15) is 12.4 Å². The van der Waals surface area contributed by atoms with Crippen molar-refractivity contribution in [3.63, 3.8) is 0 Å². The topological polar surface area (TPSA) is 44.1 Å². The number of carbonyl (C=O) groups is 1. The van der Waals surface area contributed by atoms with Crippen molar-refractivity contribution in [2.24, 2.45) is 7.05 Å². The zero-order valence-electron chi connectivity index (χ0n) is 11.6. The first kappa shape index (κ1) is 15.0. The Bertz CT molecular complexity index is 512. The summed E-state index contributed by atoms with van der Waals surface area (Å²) in [5.74, 6) is 0.307. The Morgan fingerprint density at radius 1 is 1.37 bits per heavy atom. The fourth-order valence-corrected chi connectivity index (χ4v) is 1.72. The zero-order chi connectivity index (χ0) is 14.4. The van der Waals surface area contributed by atoms with Crippen LogP contribution in [0.15, 0.2) is 37.5 Å². The van der Waals surface area contributed by atoms with Crippen molar-refractivity contribution in [2.75, 3.05) is 0 Å². The number of imidazole rings is 1.